The molecule has 0 amide bonds. The van der Waals surface area contributed by atoms with E-state index in [2.05, 4.69) is 0 Å². The van der Waals surface area contributed by atoms with Crippen LogP contribution in [0, 0.1) is 0 Å². The van der Waals surface area contributed by atoms with Crippen molar-refractivity contribution in [2.75, 3.05) is 0 Å². The van der Waals surface area contributed by atoms with Gasteiger partial charge in [-0.2, -0.15) is 0 Å². The summed E-state index contributed by atoms with van der Waals surface area (Å²) < 4.78 is 0. The van der Waals surface area contributed by atoms with Gasteiger partial charge in [-0.15, -0.1) is 0 Å². The van der Waals surface area contributed by atoms with Crippen LogP contribution < -0.4 is 0 Å². The van der Waals surface area contributed by atoms with E-state index in [0.717, 1.165) is 26.3 Å². The molecule has 1 aliphatic heterocycles. The zero-order chi connectivity index (χ0) is 4.95. The second kappa shape index (κ2) is 5.39. The molecule has 1 fully saturated rings. The van der Waals surface area contributed by atoms with Crippen LogP contribution in [-0.4, -0.2) is 60.2 Å². The number of rotatable bonds is 0. The van der Waals surface area contributed by atoms with E-state index >= 15 is 0 Å². The van der Waals surface area contributed by atoms with Crippen LogP contribution in [0.25, 0.3) is 0 Å². The Labute approximate surface area is 69.7 Å². The third-order valence-corrected chi connectivity index (χ3v) is 60.7. The van der Waals surface area contributed by atoms with Gasteiger partial charge in [0.25, 0.3) is 0 Å². The summed E-state index contributed by atoms with van der Waals surface area (Å²) >= 11 is 5.95. The maximum absolute atomic E-state index is 1.65. The minimum absolute atomic E-state index is 1.16. The third kappa shape index (κ3) is 4.06. The molecule has 0 aromatic heterocycles. The third-order valence-electron chi connectivity index (χ3n) is 0.402. The van der Waals surface area contributed by atoms with E-state index in [1.807, 2.05) is 0 Å². The SMILES string of the molecule is C1C[Se][Se][Se][Se][Se]1. The van der Waals surface area contributed by atoms with Gasteiger partial charge in [0.1, 0.15) is 0 Å². The second-order valence-corrected chi connectivity index (χ2v) is 37.1. The van der Waals surface area contributed by atoms with Gasteiger partial charge >= 0.3 is 70.8 Å². The summed E-state index contributed by atoms with van der Waals surface area (Å²) in [7, 11) is 0. The van der Waals surface area contributed by atoms with Gasteiger partial charge in [0.15, 0.2) is 0 Å². The predicted octanol–water partition coefficient (Wildman–Crippen LogP) is -0.982. The predicted molar refractivity (Wildman–Crippen MR) is 38.4 cm³/mol. The summed E-state index contributed by atoms with van der Waals surface area (Å²) in [5.74, 6) is 0. The Morgan fingerprint density at radius 1 is 0.714 bits per heavy atom. The fourth-order valence-electron chi connectivity index (χ4n) is 0.187. The summed E-state index contributed by atoms with van der Waals surface area (Å²) in [6.45, 7) is 0. The van der Waals surface area contributed by atoms with Crippen molar-refractivity contribution in [2.45, 2.75) is 10.6 Å². The van der Waals surface area contributed by atoms with Crippen molar-refractivity contribution in [3.63, 3.8) is 0 Å². The molecule has 0 N–H and O–H groups in total. The monoisotopic (exact) mass is 428 g/mol. The molecule has 1 heterocycles. The summed E-state index contributed by atoms with van der Waals surface area (Å²) in [5.41, 5.74) is 0. The van der Waals surface area contributed by atoms with Crippen LogP contribution in [0.2, 0.25) is 10.6 Å². The Hall–Kier alpha value is 2.60. The first-order valence-electron chi connectivity index (χ1n) is 1.74. The fraction of sp³-hybridized carbons (Fsp3) is 1.00. The van der Waals surface area contributed by atoms with Crippen molar-refractivity contribution in [3.05, 3.63) is 0 Å². The summed E-state index contributed by atoms with van der Waals surface area (Å²) in [6, 6.07) is 0. The molecule has 0 unspecified atom stereocenters. The summed E-state index contributed by atoms with van der Waals surface area (Å²) in [6.07, 6.45) is 0. The Bertz CT molecular complexity index is 25.7. The van der Waals surface area contributed by atoms with Gasteiger partial charge in [0, 0.05) is 0 Å². The fourth-order valence-corrected chi connectivity index (χ4v) is 90.7. The Morgan fingerprint density at radius 3 is 1.86 bits per heavy atom. The molecule has 0 aromatic rings. The van der Waals surface area contributed by atoms with E-state index in [4.69, 9.17) is 0 Å². The van der Waals surface area contributed by atoms with E-state index in [1.165, 1.54) is 33.9 Å². The van der Waals surface area contributed by atoms with E-state index in [1.54, 1.807) is 10.6 Å². The van der Waals surface area contributed by atoms with Crippen LogP contribution in [0.3, 0.4) is 0 Å². The average Bonchev–Trinajstić information content (AvgIpc) is 1.90. The molecular formula is C2H4Se5. The Morgan fingerprint density at radius 2 is 1.29 bits per heavy atom. The number of hydrogen-bond acceptors (Lipinski definition) is 0. The quantitative estimate of drug-likeness (QED) is 0.440. The average molecular weight is 423 g/mol. The Kier molecular flexibility index (Phi) is 5.93. The van der Waals surface area contributed by atoms with E-state index in [-0.39, 0.29) is 0 Å². The topological polar surface area (TPSA) is 0 Å². The molecule has 1 saturated heterocycles. The molecule has 0 aromatic carbocycles. The van der Waals surface area contributed by atoms with E-state index in [9.17, 15) is 0 Å². The van der Waals surface area contributed by atoms with Crippen molar-refractivity contribution in [1.82, 2.24) is 0 Å². The van der Waals surface area contributed by atoms with Crippen LogP contribution in [0.1, 0.15) is 0 Å². The van der Waals surface area contributed by atoms with E-state index in [0.29, 0.717) is 0 Å². The molecule has 0 saturated carbocycles. The van der Waals surface area contributed by atoms with Gasteiger partial charge in [-0.1, -0.05) is 0 Å². The molecule has 42 valence electrons. The first kappa shape index (κ1) is 7.70. The molecule has 0 aliphatic carbocycles. The molecule has 1 rings (SSSR count). The van der Waals surface area contributed by atoms with Crippen LogP contribution >= 0.6 is 0 Å². The molecule has 1 aliphatic rings. The van der Waals surface area contributed by atoms with Crippen LogP contribution in [0.4, 0.5) is 0 Å². The first-order chi connectivity index (χ1) is 3.50. The molecule has 5 heteroatoms. The molecule has 0 spiro atoms. The van der Waals surface area contributed by atoms with Crippen LogP contribution in [0.5, 0.6) is 0 Å². The van der Waals surface area contributed by atoms with E-state index < -0.39 is 0 Å². The van der Waals surface area contributed by atoms with Gasteiger partial charge in [-0.3, -0.25) is 0 Å². The van der Waals surface area contributed by atoms with Gasteiger partial charge < -0.3 is 0 Å². The van der Waals surface area contributed by atoms with Gasteiger partial charge in [-0.25, -0.2) is 0 Å². The summed E-state index contributed by atoms with van der Waals surface area (Å²) in [4.78, 5) is 0. The maximum atomic E-state index is 1.65. The molecule has 0 radical (unpaired) electrons. The van der Waals surface area contributed by atoms with Crippen molar-refractivity contribution < 1.29 is 0 Å². The zero-order valence-corrected chi connectivity index (χ0v) is 12.0. The zero-order valence-electron chi connectivity index (χ0n) is 3.46. The normalized spacial score (nSPS) is 24.0. The van der Waals surface area contributed by atoms with Crippen LogP contribution in [0.15, 0.2) is 0 Å². The molecular weight excluding hydrogens is 419 g/mol. The standard InChI is InChI=1S/C2H4Se5/c1-2-4-6-7-5-3-1/h1-2H2. The molecule has 0 atom stereocenters. The van der Waals surface area contributed by atoms with Crippen molar-refractivity contribution in [3.8, 4) is 0 Å². The van der Waals surface area contributed by atoms with Crippen molar-refractivity contribution in [1.29, 1.82) is 0 Å². The first-order valence-corrected chi connectivity index (χ1v) is 21.5. The number of hydrogen-bond donors (Lipinski definition) is 0. The van der Waals surface area contributed by atoms with Crippen LogP contribution in [-0.2, 0) is 0 Å². The second-order valence-electron chi connectivity index (χ2n) is 0.848. The van der Waals surface area contributed by atoms with Gasteiger partial charge in [0.2, 0.25) is 0 Å². The van der Waals surface area contributed by atoms with Crippen molar-refractivity contribution >= 4 is 60.2 Å². The molecule has 0 nitrogen and oxygen atoms in total. The minimum atomic E-state index is 1.16. The van der Waals surface area contributed by atoms with Gasteiger partial charge in [0.05, 0.1) is 0 Å². The molecule has 7 heavy (non-hydrogen) atoms. The van der Waals surface area contributed by atoms with Crippen molar-refractivity contribution in [2.24, 2.45) is 0 Å². The Balaban J connectivity index is 2.04. The summed E-state index contributed by atoms with van der Waals surface area (Å²) in [5, 5.41) is 3.30. The molecule has 0 bridgehead atoms. The van der Waals surface area contributed by atoms with Gasteiger partial charge in [-0.05, 0) is 0 Å².